The van der Waals surface area contributed by atoms with Gasteiger partial charge < -0.3 is 9.52 Å². The molecule has 0 saturated heterocycles. The first-order valence-corrected chi connectivity index (χ1v) is 7.97. The molecule has 1 heterocycles. The van der Waals surface area contributed by atoms with E-state index >= 15 is 0 Å². The van der Waals surface area contributed by atoms with Crippen LogP contribution in [0.3, 0.4) is 0 Å². The third-order valence-electron chi connectivity index (χ3n) is 3.38. The van der Waals surface area contributed by atoms with Gasteiger partial charge in [-0.2, -0.15) is 0 Å². The molecule has 0 aliphatic rings. The van der Waals surface area contributed by atoms with Gasteiger partial charge in [0.15, 0.2) is 5.58 Å². The average Bonchev–Trinajstić information content (AvgIpc) is 2.70. The van der Waals surface area contributed by atoms with Gasteiger partial charge in [-0.15, -0.1) is 0 Å². The van der Waals surface area contributed by atoms with Crippen molar-refractivity contribution in [3.63, 3.8) is 0 Å². The van der Waals surface area contributed by atoms with Gasteiger partial charge in [-0.1, -0.05) is 13.8 Å². The highest BCUT2D eigenvalue weighted by Gasteiger charge is 2.23. The van der Waals surface area contributed by atoms with Crippen LogP contribution in [-0.4, -0.2) is 30.7 Å². The Balaban J connectivity index is 2.43. The lowest BCUT2D eigenvalue weighted by Crippen LogP contribution is -2.41. The Labute approximate surface area is 122 Å². The van der Waals surface area contributed by atoms with E-state index < -0.39 is 21.8 Å². The summed E-state index contributed by atoms with van der Waals surface area (Å²) in [5.41, 5.74) is 0.719. The summed E-state index contributed by atoms with van der Waals surface area (Å²) in [5.74, 6) is -0.605. The van der Waals surface area contributed by atoms with E-state index in [-0.39, 0.29) is 23.0 Å². The molecule has 0 fully saturated rings. The number of aryl methyl sites for hydroxylation is 1. The highest BCUT2D eigenvalue weighted by atomic mass is 32.2. The van der Waals surface area contributed by atoms with E-state index in [2.05, 4.69) is 4.72 Å². The van der Waals surface area contributed by atoms with E-state index in [0.29, 0.717) is 5.52 Å². The first kappa shape index (κ1) is 15.7. The van der Waals surface area contributed by atoms with Gasteiger partial charge in [-0.3, -0.25) is 4.57 Å². The minimum absolute atomic E-state index is 0.0107. The van der Waals surface area contributed by atoms with Crippen LogP contribution in [0.1, 0.15) is 13.8 Å². The third kappa shape index (κ3) is 3.02. The van der Waals surface area contributed by atoms with Gasteiger partial charge in [0.2, 0.25) is 10.0 Å². The van der Waals surface area contributed by atoms with E-state index in [9.17, 15) is 18.3 Å². The third-order valence-corrected chi connectivity index (χ3v) is 4.87. The predicted octanol–water partition coefficient (Wildman–Crippen LogP) is 0.427. The molecule has 1 atom stereocenters. The van der Waals surface area contributed by atoms with E-state index in [1.54, 1.807) is 7.05 Å². The fraction of sp³-hybridized carbons (Fsp3) is 0.462. The highest BCUT2D eigenvalue weighted by Crippen LogP contribution is 2.18. The summed E-state index contributed by atoms with van der Waals surface area (Å²) in [6, 6.07) is 3.63. The molecule has 0 bridgehead atoms. The molecule has 1 aromatic carbocycles. The van der Waals surface area contributed by atoms with Crippen LogP contribution in [0.4, 0.5) is 0 Å². The molecule has 21 heavy (non-hydrogen) atoms. The number of hydrogen-bond acceptors (Lipinski definition) is 5. The SMILES string of the molecule is CC(C)[C@@H](CO)NS(=O)(=O)c1ccc2c(c1)oc(=O)n2C. The molecule has 0 amide bonds. The molecular weight excluding hydrogens is 296 g/mol. The number of aliphatic hydroxyl groups excluding tert-OH is 1. The molecule has 2 aromatic rings. The Kier molecular flexibility index (Phi) is 4.22. The topological polar surface area (TPSA) is 102 Å². The zero-order chi connectivity index (χ0) is 15.8. The number of oxazole rings is 1. The number of nitrogens with zero attached hydrogens (tertiary/aromatic N) is 1. The van der Waals surface area contributed by atoms with Gasteiger partial charge in [0.25, 0.3) is 0 Å². The van der Waals surface area contributed by atoms with E-state index in [1.807, 2.05) is 13.8 Å². The van der Waals surface area contributed by atoms with Gasteiger partial charge in [-0.25, -0.2) is 17.9 Å². The number of rotatable bonds is 5. The normalized spacial score (nSPS) is 14.0. The monoisotopic (exact) mass is 314 g/mol. The van der Waals surface area contributed by atoms with Crippen LogP contribution < -0.4 is 10.5 Å². The Morgan fingerprint density at radius 3 is 2.62 bits per heavy atom. The van der Waals surface area contributed by atoms with Crippen molar-refractivity contribution in [2.24, 2.45) is 13.0 Å². The second-order valence-electron chi connectivity index (χ2n) is 5.21. The first-order valence-electron chi connectivity index (χ1n) is 6.49. The van der Waals surface area contributed by atoms with Gasteiger partial charge in [-0.05, 0) is 18.1 Å². The molecule has 2 rings (SSSR count). The largest absolute Gasteiger partial charge is 0.419 e. The predicted molar refractivity (Wildman–Crippen MR) is 77.5 cm³/mol. The van der Waals surface area contributed by atoms with E-state index in [0.717, 1.165) is 0 Å². The maximum atomic E-state index is 12.3. The number of sulfonamides is 1. The van der Waals surface area contributed by atoms with Crippen LogP contribution >= 0.6 is 0 Å². The van der Waals surface area contributed by atoms with Gasteiger partial charge in [0, 0.05) is 19.2 Å². The molecule has 7 nitrogen and oxygen atoms in total. The van der Waals surface area contributed by atoms with Crippen molar-refractivity contribution in [3.8, 4) is 0 Å². The van der Waals surface area contributed by atoms with Crippen LogP contribution in [0.15, 0.2) is 32.3 Å². The summed E-state index contributed by atoms with van der Waals surface area (Å²) < 4.78 is 33.3. The zero-order valence-electron chi connectivity index (χ0n) is 12.0. The number of fused-ring (bicyclic) bond motifs is 1. The summed E-state index contributed by atoms with van der Waals surface area (Å²) in [6.45, 7) is 3.32. The summed E-state index contributed by atoms with van der Waals surface area (Å²) in [6.07, 6.45) is 0. The fourth-order valence-corrected chi connectivity index (χ4v) is 3.32. The van der Waals surface area contributed by atoms with Crippen molar-refractivity contribution in [1.82, 2.24) is 9.29 Å². The van der Waals surface area contributed by atoms with Crippen LogP contribution in [0.5, 0.6) is 0 Å². The van der Waals surface area contributed by atoms with Crippen molar-refractivity contribution in [3.05, 3.63) is 28.7 Å². The smallest absolute Gasteiger partial charge is 0.408 e. The van der Waals surface area contributed by atoms with Gasteiger partial charge >= 0.3 is 5.76 Å². The van der Waals surface area contributed by atoms with Crippen molar-refractivity contribution in [2.75, 3.05) is 6.61 Å². The molecule has 0 unspecified atom stereocenters. The molecular formula is C13H18N2O5S. The molecule has 0 saturated carbocycles. The fourth-order valence-electron chi connectivity index (χ4n) is 1.93. The lowest BCUT2D eigenvalue weighted by Gasteiger charge is -2.19. The van der Waals surface area contributed by atoms with Crippen LogP contribution in [-0.2, 0) is 17.1 Å². The van der Waals surface area contributed by atoms with Crippen LogP contribution in [0, 0.1) is 5.92 Å². The number of aliphatic hydroxyl groups is 1. The molecule has 8 heteroatoms. The molecule has 0 spiro atoms. The maximum absolute atomic E-state index is 12.3. The molecule has 2 N–H and O–H groups in total. The van der Waals surface area contributed by atoms with Crippen LogP contribution in [0.2, 0.25) is 0 Å². The molecule has 1 aromatic heterocycles. The average molecular weight is 314 g/mol. The first-order chi connectivity index (χ1) is 9.76. The number of hydrogen-bond donors (Lipinski definition) is 2. The lowest BCUT2D eigenvalue weighted by molar-refractivity contribution is 0.227. The van der Waals surface area contributed by atoms with Crippen molar-refractivity contribution in [1.29, 1.82) is 0 Å². The van der Waals surface area contributed by atoms with Gasteiger partial charge in [0.1, 0.15) is 0 Å². The highest BCUT2D eigenvalue weighted by molar-refractivity contribution is 7.89. The zero-order valence-corrected chi connectivity index (χ0v) is 12.8. The maximum Gasteiger partial charge on any atom is 0.419 e. The molecule has 0 aliphatic carbocycles. The second-order valence-corrected chi connectivity index (χ2v) is 6.92. The molecule has 0 radical (unpaired) electrons. The Morgan fingerprint density at radius 1 is 1.38 bits per heavy atom. The number of nitrogens with one attached hydrogen (secondary N) is 1. The summed E-state index contributed by atoms with van der Waals surface area (Å²) in [5, 5.41) is 9.23. The standard InChI is InChI=1S/C13H18N2O5S/c1-8(2)10(7-16)14-21(18,19)9-4-5-11-12(6-9)20-13(17)15(11)3/h4-6,8,10,14,16H,7H2,1-3H3/t10-/m1/s1. The quantitative estimate of drug-likeness (QED) is 0.833. The number of benzene rings is 1. The van der Waals surface area contributed by atoms with Crippen molar-refractivity contribution >= 4 is 21.1 Å². The van der Waals surface area contributed by atoms with Gasteiger partial charge in [0.05, 0.1) is 17.0 Å². The summed E-state index contributed by atoms with van der Waals surface area (Å²) >= 11 is 0. The molecule has 0 aliphatic heterocycles. The van der Waals surface area contributed by atoms with Crippen molar-refractivity contribution in [2.45, 2.75) is 24.8 Å². The lowest BCUT2D eigenvalue weighted by atomic mass is 10.1. The Hall–Kier alpha value is -1.64. The van der Waals surface area contributed by atoms with Crippen molar-refractivity contribution < 1.29 is 17.9 Å². The minimum Gasteiger partial charge on any atom is -0.408 e. The van der Waals surface area contributed by atoms with E-state index in [1.165, 1.54) is 22.8 Å². The Morgan fingerprint density at radius 2 is 2.05 bits per heavy atom. The summed E-state index contributed by atoms with van der Waals surface area (Å²) in [7, 11) is -2.25. The molecule has 116 valence electrons. The second kappa shape index (κ2) is 5.63. The minimum atomic E-state index is -3.79. The summed E-state index contributed by atoms with van der Waals surface area (Å²) in [4.78, 5) is 11.4. The number of aromatic nitrogens is 1. The van der Waals surface area contributed by atoms with Crippen LogP contribution in [0.25, 0.3) is 11.1 Å². The van der Waals surface area contributed by atoms with E-state index in [4.69, 9.17) is 4.42 Å². The Bertz CT molecular complexity index is 804.